The van der Waals surface area contributed by atoms with E-state index in [-0.39, 0.29) is 24.4 Å². The highest BCUT2D eigenvalue weighted by atomic mass is 16.7. The van der Waals surface area contributed by atoms with Gasteiger partial charge in [-0.15, -0.1) is 0 Å². The van der Waals surface area contributed by atoms with Crippen molar-refractivity contribution in [1.29, 1.82) is 0 Å². The third-order valence-electron chi connectivity index (χ3n) is 7.33. The molecule has 0 amide bonds. The first-order valence-corrected chi connectivity index (χ1v) is 11.3. The van der Waals surface area contributed by atoms with Gasteiger partial charge in [0.2, 0.25) is 0 Å². The van der Waals surface area contributed by atoms with E-state index in [1.165, 1.54) is 27.8 Å². The Labute approximate surface area is 189 Å². The number of H-pyrrole nitrogens is 1. The molecule has 0 saturated carbocycles. The van der Waals surface area contributed by atoms with E-state index < -0.39 is 0 Å². The van der Waals surface area contributed by atoms with Gasteiger partial charge < -0.3 is 19.6 Å². The summed E-state index contributed by atoms with van der Waals surface area (Å²) in [7, 11) is -0.349. The fourth-order valence-electron chi connectivity index (χ4n) is 4.81. The zero-order chi connectivity index (χ0) is 22.1. The second-order valence-electron chi connectivity index (χ2n) is 9.84. The Bertz CT molecular complexity index is 1310. The lowest BCUT2D eigenvalue weighted by Gasteiger charge is -2.32. The summed E-state index contributed by atoms with van der Waals surface area (Å²) in [6, 6.07) is 25.7. The van der Waals surface area contributed by atoms with Crippen LogP contribution in [0.1, 0.15) is 44.9 Å². The Hall–Kier alpha value is -3.02. The molecule has 160 valence electrons. The molecule has 3 aromatic carbocycles. The molecular weight excluding hydrogens is 395 g/mol. The molecule has 1 unspecified atom stereocenters. The second kappa shape index (κ2) is 6.74. The van der Waals surface area contributed by atoms with E-state index in [1.54, 1.807) is 0 Å². The van der Waals surface area contributed by atoms with Gasteiger partial charge >= 0.3 is 7.12 Å². The first-order chi connectivity index (χ1) is 15.3. The number of aromatic amines is 1. The minimum atomic E-state index is -0.349. The van der Waals surface area contributed by atoms with Crippen molar-refractivity contribution in [3.05, 3.63) is 83.9 Å². The van der Waals surface area contributed by atoms with Crippen molar-refractivity contribution in [2.24, 2.45) is 0 Å². The fraction of sp³-hybridized carbons (Fsp3) is 0.259. The van der Waals surface area contributed by atoms with Crippen LogP contribution in [0.3, 0.4) is 0 Å². The Kier molecular flexibility index (Phi) is 4.14. The van der Waals surface area contributed by atoms with Gasteiger partial charge in [0.05, 0.1) is 22.9 Å². The topological polar surface area (TPSA) is 46.3 Å². The minimum absolute atomic E-state index is 0.0587. The molecule has 1 fully saturated rings. The van der Waals surface area contributed by atoms with Crippen LogP contribution in [0.2, 0.25) is 0 Å². The molecule has 0 aliphatic carbocycles. The van der Waals surface area contributed by atoms with Crippen molar-refractivity contribution >= 4 is 29.2 Å². The Morgan fingerprint density at radius 1 is 0.781 bits per heavy atom. The molecule has 0 radical (unpaired) electrons. The number of anilines is 1. The summed E-state index contributed by atoms with van der Waals surface area (Å²) in [5, 5.41) is 5.03. The zero-order valence-electron chi connectivity index (χ0n) is 18.9. The molecule has 5 heteroatoms. The van der Waals surface area contributed by atoms with Gasteiger partial charge in [0, 0.05) is 27.7 Å². The van der Waals surface area contributed by atoms with Crippen LogP contribution in [0.5, 0.6) is 0 Å². The molecule has 0 spiro atoms. The lowest BCUT2D eigenvalue weighted by Crippen LogP contribution is -2.41. The normalized spacial score (nSPS) is 20.6. The van der Waals surface area contributed by atoms with Crippen LogP contribution in [0, 0.1) is 0 Å². The number of hydrogen-bond donors (Lipinski definition) is 2. The highest BCUT2D eigenvalue weighted by molar-refractivity contribution is 6.62. The number of benzene rings is 3. The number of rotatable bonds is 2. The summed E-state index contributed by atoms with van der Waals surface area (Å²) >= 11 is 0. The van der Waals surface area contributed by atoms with Crippen molar-refractivity contribution < 1.29 is 9.31 Å². The Balaban J connectivity index is 1.41. The van der Waals surface area contributed by atoms with E-state index in [1.807, 2.05) is 0 Å². The number of aromatic nitrogens is 1. The van der Waals surface area contributed by atoms with E-state index in [9.17, 15) is 0 Å². The second-order valence-corrected chi connectivity index (χ2v) is 9.84. The van der Waals surface area contributed by atoms with Gasteiger partial charge in [-0.25, -0.2) is 0 Å². The molecule has 2 aliphatic rings. The quantitative estimate of drug-likeness (QED) is 0.411. The predicted molar refractivity (Wildman–Crippen MR) is 131 cm³/mol. The predicted octanol–water partition coefficient (Wildman–Crippen LogP) is 5.65. The van der Waals surface area contributed by atoms with Crippen LogP contribution in [-0.4, -0.2) is 23.3 Å². The maximum Gasteiger partial charge on any atom is 0.494 e. The third kappa shape index (κ3) is 2.85. The summed E-state index contributed by atoms with van der Waals surface area (Å²) in [4.78, 5) is 3.67. The van der Waals surface area contributed by atoms with E-state index in [0.29, 0.717) is 0 Å². The Morgan fingerprint density at radius 3 is 2.19 bits per heavy atom. The molecule has 1 aromatic heterocycles. The SMILES string of the molecule is CC1(C)OB(c2ccc(C3Nc4ccccc4-c4[nH]c5ccccc5c43)cc2)OC1(C)C. The van der Waals surface area contributed by atoms with Gasteiger partial charge in [0.1, 0.15) is 0 Å². The van der Waals surface area contributed by atoms with Gasteiger partial charge in [0.25, 0.3) is 0 Å². The number of nitrogens with one attached hydrogen (secondary N) is 2. The molecule has 4 aromatic rings. The first-order valence-electron chi connectivity index (χ1n) is 11.3. The fourth-order valence-corrected chi connectivity index (χ4v) is 4.81. The molecule has 32 heavy (non-hydrogen) atoms. The summed E-state index contributed by atoms with van der Waals surface area (Å²) in [6.07, 6.45) is 0. The summed E-state index contributed by atoms with van der Waals surface area (Å²) < 4.78 is 12.5. The smallest absolute Gasteiger partial charge is 0.399 e. The average Bonchev–Trinajstić information content (AvgIpc) is 3.27. The third-order valence-corrected chi connectivity index (χ3v) is 7.33. The largest absolute Gasteiger partial charge is 0.494 e. The van der Waals surface area contributed by atoms with Gasteiger partial charge in [-0.05, 0) is 50.9 Å². The van der Waals surface area contributed by atoms with Gasteiger partial charge in [-0.2, -0.15) is 0 Å². The van der Waals surface area contributed by atoms with Crippen molar-refractivity contribution in [3.8, 4) is 11.3 Å². The minimum Gasteiger partial charge on any atom is -0.399 e. The Morgan fingerprint density at radius 2 is 1.44 bits per heavy atom. The van der Waals surface area contributed by atoms with E-state index >= 15 is 0 Å². The van der Waals surface area contributed by atoms with Gasteiger partial charge in [-0.1, -0.05) is 60.7 Å². The molecular formula is C27H27BN2O2. The molecule has 3 heterocycles. The lowest BCUT2D eigenvalue weighted by atomic mass is 9.78. The van der Waals surface area contributed by atoms with Crippen LogP contribution in [0.4, 0.5) is 5.69 Å². The summed E-state index contributed by atoms with van der Waals surface area (Å²) in [6.45, 7) is 8.35. The lowest BCUT2D eigenvalue weighted by molar-refractivity contribution is 0.00578. The molecule has 4 nitrogen and oxygen atoms in total. The molecule has 2 aliphatic heterocycles. The van der Waals surface area contributed by atoms with Gasteiger partial charge in [-0.3, -0.25) is 0 Å². The number of hydrogen-bond acceptors (Lipinski definition) is 3. The number of para-hydroxylation sites is 2. The van der Waals surface area contributed by atoms with Crippen LogP contribution >= 0.6 is 0 Å². The van der Waals surface area contributed by atoms with Crippen molar-refractivity contribution in [1.82, 2.24) is 4.98 Å². The van der Waals surface area contributed by atoms with Crippen LogP contribution < -0.4 is 10.8 Å². The van der Waals surface area contributed by atoms with Crippen LogP contribution in [0.15, 0.2) is 72.8 Å². The standard InChI is InChI=1S/C27H27BN2O2/c1-26(2)27(3,4)32-28(31-26)18-15-13-17(14-16-18)24-23-19-9-5-7-11-21(19)30-25(23)20-10-6-8-12-22(20)29-24/h5-16,24,29-30H,1-4H3. The van der Waals surface area contributed by atoms with Crippen molar-refractivity contribution in [3.63, 3.8) is 0 Å². The average molecular weight is 422 g/mol. The maximum absolute atomic E-state index is 6.24. The van der Waals surface area contributed by atoms with Crippen molar-refractivity contribution in [2.45, 2.75) is 44.9 Å². The highest BCUT2D eigenvalue weighted by Gasteiger charge is 2.51. The van der Waals surface area contributed by atoms with E-state index in [0.717, 1.165) is 16.7 Å². The monoisotopic (exact) mass is 422 g/mol. The molecule has 1 atom stereocenters. The molecule has 0 bridgehead atoms. The first kappa shape index (κ1) is 19.7. The van der Waals surface area contributed by atoms with Crippen LogP contribution in [0.25, 0.3) is 22.2 Å². The van der Waals surface area contributed by atoms with E-state index in [2.05, 4.69) is 111 Å². The highest BCUT2D eigenvalue weighted by Crippen LogP contribution is 2.45. The summed E-state index contributed by atoms with van der Waals surface area (Å²) in [5.74, 6) is 0. The summed E-state index contributed by atoms with van der Waals surface area (Å²) in [5.41, 5.74) is 7.58. The van der Waals surface area contributed by atoms with Crippen molar-refractivity contribution in [2.75, 3.05) is 5.32 Å². The zero-order valence-corrected chi connectivity index (χ0v) is 18.9. The molecule has 1 saturated heterocycles. The molecule has 6 rings (SSSR count). The molecule has 2 N–H and O–H groups in total. The van der Waals surface area contributed by atoms with Gasteiger partial charge in [0.15, 0.2) is 0 Å². The van der Waals surface area contributed by atoms with Crippen LogP contribution in [-0.2, 0) is 9.31 Å². The number of fused-ring (bicyclic) bond motifs is 5. The van der Waals surface area contributed by atoms with E-state index in [4.69, 9.17) is 9.31 Å². The maximum atomic E-state index is 6.24.